The number of pyridine rings is 1. The van der Waals surface area contributed by atoms with Crippen molar-refractivity contribution in [3.63, 3.8) is 0 Å². The van der Waals surface area contributed by atoms with E-state index in [1.807, 2.05) is 18.3 Å². The summed E-state index contributed by atoms with van der Waals surface area (Å²) in [6, 6.07) is 10.2. The van der Waals surface area contributed by atoms with Gasteiger partial charge in [0.05, 0.1) is 0 Å². The zero-order chi connectivity index (χ0) is 14.1. The molecular formula is C17H18N2O. The van der Waals surface area contributed by atoms with Gasteiger partial charge in [0.1, 0.15) is 0 Å². The minimum Gasteiger partial charge on any atom is -0.361 e. The molecule has 2 heterocycles. The first-order valence-corrected chi connectivity index (χ1v) is 6.90. The normalized spacial score (nSPS) is 12.7. The molecule has 2 aromatic heterocycles. The number of aromatic nitrogens is 2. The Labute approximate surface area is 117 Å². The molecule has 20 heavy (non-hydrogen) atoms. The smallest absolute Gasteiger partial charge is 0.251 e. The van der Waals surface area contributed by atoms with E-state index in [4.69, 9.17) is 0 Å². The van der Waals surface area contributed by atoms with E-state index in [0.717, 1.165) is 12.0 Å². The Balaban J connectivity index is 1.98. The van der Waals surface area contributed by atoms with E-state index in [1.54, 1.807) is 6.20 Å². The van der Waals surface area contributed by atoms with Gasteiger partial charge < -0.3 is 9.97 Å². The molecule has 3 rings (SSSR count). The molecule has 102 valence electrons. The summed E-state index contributed by atoms with van der Waals surface area (Å²) in [5.41, 5.74) is 4.58. The third-order valence-electron chi connectivity index (χ3n) is 3.93. The Morgan fingerprint density at radius 1 is 1.10 bits per heavy atom. The first-order valence-electron chi connectivity index (χ1n) is 6.90. The molecule has 1 aromatic carbocycles. The lowest BCUT2D eigenvalue weighted by atomic mass is 9.92. The van der Waals surface area contributed by atoms with Gasteiger partial charge >= 0.3 is 0 Å². The molecule has 0 bridgehead atoms. The Hall–Kier alpha value is -2.29. The van der Waals surface area contributed by atoms with Crippen LogP contribution in [0, 0.1) is 6.92 Å². The van der Waals surface area contributed by atoms with Crippen LogP contribution in [0.5, 0.6) is 0 Å². The van der Waals surface area contributed by atoms with Crippen LogP contribution in [0.4, 0.5) is 0 Å². The number of H-pyrrole nitrogens is 2. The molecule has 3 heteroatoms. The second-order valence-electron chi connectivity index (χ2n) is 5.37. The van der Waals surface area contributed by atoms with Crippen LogP contribution in [0.1, 0.15) is 29.5 Å². The van der Waals surface area contributed by atoms with Crippen molar-refractivity contribution >= 4 is 10.9 Å². The number of hydrogen-bond acceptors (Lipinski definition) is 1. The summed E-state index contributed by atoms with van der Waals surface area (Å²) in [4.78, 5) is 17.9. The highest BCUT2D eigenvalue weighted by Gasteiger charge is 2.12. The largest absolute Gasteiger partial charge is 0.361 e. The van der Waals surface area contributed by atoms with Crippen LogP contribution >= 0.6 is 0 Å². The second-order valence-corrected chi connectivity index (χ2v) is 5.37. The number of rotatable bonds is 3. The maximum Gasteiger partial charge on any atom is 0.251 e. The molecule has 0 aliphatic carbocycles. The fourth-order valence-corrected chi connectivity index (χ4v) is 2.80. The van der Waals surface area contributed by atoms with Gasteiger partial charge in [-0.15, -0.1) is 0 Å². The first kappa shape index (κ1) is 12.7. The van der Waals surface area contributed by atoms with E-state index in [1.165, 1.54) is 22.0 Å². The van der Waals surface area contributed by atoms with Gasteiger partial charge in [-0.1, -0.05) is 25.1 Å². The molecule has 3 aromatic rings. The molecule has 3 nitrogen and oxygen atoms in total. The zero-order valence-electron chi connectivity index (χ0n) is 11.7. The van der Waals surface area contributed by atoms with Crippen LogP contribution in [0.15, 0.2) is 47.5 Å². The molecule has 0 radical (unpaired) electrons. The number of aromatic amines is 2. The van der Waals surface area contributed by atoms with Gasteiger partial charge in [0.15, 0.2) is 0 Å². The third kappa shape index (κ3) is 2.16. The van der Waals surface area contributed by atoms with Crippen molar-refractivity contribution in [3.05, 3.63) is 69.8 Å². The predicted octanol–water partition coefficient (Wildman–Crippen LogP) is 3.51. The summed E-state index contributed by atoms with van der Waals surface area (Å²) in [6.07, 6.45) is 4.51. The minimum atomic E-state index is 0.0115. The summed E-state index contributed by atoms with van der Waals surface area (Å²) in [7, 11) is 0. The van der Waals surface area contributed by atoms with Crippen molar-refractivity contribution in [2.75, 3.05) is 0 Å². The summed E-state index contributed by atoms with van der Waals surface area (Å²) in [6.45, 7) is 4.21. The first-order chi connectivity index (χ1) is 9.66. The van der Waals surface area contributed by atoms with Gasteiger partial charge in [0, 0.05) is 28.9 Å². The number of aryl methyl sites for hydroxylation is 1. The highest BCUT2D eigenvalue weighted by molar-refractivity contribution is 5.85. The zero-order valence-corrected chi connectivity index (χ0v) is 11.7. The standard InChI is InChI=1S/C17H18N2O/c1-11-5-6-13(15-7-9-18-16(11)15)10-12(2)14-4-3-8-19-17(14)20/h3-9,12,18H,10H2,1-2H3,(H,19,20). The lowest BCUT2D eigenvalue weighted by Gasteiger charge is -2.12. The van der Waals surface area contributed by atoms with Crippen LogP contribution in [-0.4, -0.2) is 9.97 Å². The van der Waals surface area contributed by atoms with E-state index < -0.39 is 0 Å². The fraction of sp³-hybridized carbons (Fsp3) is 0.235. The number of benzene rings is 1. The quantitative estimate of drug-likeness (QED) is 0.748. The molecule has 1 unspecified atom stereocenters. The van der Waals surface area contributed by atoms with Crippen LogP contribution in [0.2, 0.25) is 0 Å². The number of nitrogens with one attached hydrogen (secondary N) is 2. The molecule has 1 atom stereocenters. The van der Waals surface area contributed by atoms with Crippen LogP contribution in [-0.2, 0) is 6.42 Å². The summed E-state index contributed by atoms with van der Waals surface area (Å²) in [5.74, 6) is 0.195. The predicted molar refractivity (Wildman–Crippen MR) is 82.2 cm³/mol. The topological polar surface area (TPSA) is 48.6 Å². The Bertz CT molecular complexity index is 798. The lowest BCUT2D eigenvalue weighted by molar-refractivity contribution is 0.750. The fourth-order valence-electron chi connectivity index (χ4n) is 2.80. The van der Waals surface area contributed by atoms with Crippen molar-refractivity contribution in [2.45, 2.75) is 26.2 Å². The maximum absolute atomic E-state index is 11.9. The molecule has 0 aliphatic rings. The lowest BCUT2D eigenvalue weighted by Crippen LogP contribution is -2.15. The molecule has 0 fully saturated rings. The average molecular weight is 266 g/mol. The molecule has 2 N–H and O–H groups in total. The average Bonchev–Trinajstić information content (AvgIpc) is 2.93. The van der Waals surface area contributed by atoms with E-state index in [0.29, 0.717) is 0 Å². The van der Waals surface area contributed by atoms with Gasteiger partial charge in [-0.05, 0) is 42.5 Å². The highest BCUT2D eigenvalue weighted by atomic mass is 16.1. The Morgan fingerprint density at radius 2 is 1.95 bits per heavy atom. The van der Waals surface area contributed by atoms with Gasteiger partial charge in [-0.2, -0.15) is 0 Å². The van der Waals surface area contributed by atoms with Gasteiger partial charge in [0.2, 0.25) is 0 Å². The van der Waals surface area contributed by atoms with Crippen molar-refractivity contribution in [3.8, 4) is 0 Å². The second kappa shape index (κ2) is 5.00. The van der Waals surface area contributed by atoms with E-state index in [9.17, 15) is 4.79 Å². The van der Waals surface area contributed by atoms with Crippen LogP contribution in [0.3, 0.4) is 0 Å². The summed E-state index contributed by atoms with van der Waals surface area (Å²) in [5, 5.41) is 1.25. The van der Waals surface area contributed by atoms with E-state index >= 15 is 0 Å². The van der Waals surface area contributed by atoms with Crippen molar-refractivity contribution in [2.24, 2.45) is 0 Å². The highest BCUT2D eigenvalue weighted by Crippen LogP contribution is 2.26. The van der Waals surface area contributed by atoms with Gasteiger partial charge in [-0.3, -0.25) is 4.79 Å². The Morgan fingerprint density at radius 3 is 2.75 bits per heavy atom. The number of fused-ring (bicyclic) bond motifs is 1. The van der Waals surface area contributed by atoms with Crippen molar-refractivity contribution in [1.29, 1.82) is 0 Å². The summed E-state index contributed by atoms with van der Waals surface area (Å²) < 4.78 is 0. The molecule has 0 spiro atoms. The van der Waals surface area contributed by atoms with Gasteiger partial charge in [-0.25, -0.2) is 0 Å². The van der Waals surface area contributed by atoms with Crippen molar-refractivity contribution in [1.82, 2.24) is 9.97 Å². The van der Waals surface area contributed by atoms with Crippen LogP contribution < -0.4 is 5.56 Å². The third-order valence-corrected chi connectivity index (χ3v) is 3.93. The van der Waals surface area contributed by atoms with Crippen molar-refractivity contribution < 1.29 is 0 Å². The SMILES string of the molecule is Cc1ccc(CC(C)c2ccc[nH]c2=O)c2cc[nH]c12. The van der Waals surface area contributed by atoms with E-state index in [2.05, 4.69) is 42.0 Å². The molecule has 0 saturated carbocycles. The molecule has 0 saturated heterocycles. The molecular weight excluding hydrogens is 248 g/mol. The molecule has 0 aliphatic heterocycles. The maximum atomic E-state index is 11.9. The van der Waals surface area contributed by atoms with E-state index in [-0.39, 0.29) is 11.5 Å². The minimum absolute atomic E-state index is 0.0115. The monoisotopic (exact) mass is 266 g/mol. The van der Waals surface area contributed by atoms with Gasteiger partial charge in [0.25, 0.3) is 5.56 Å². The Kier molecular flexibility index (Phi) is 3.18. The molecule has 0 amide bonds. The summed E-state index contributed by atoms with van der Waals surface area (Å²) >= 11 is 0. The number of hydrogen-bond donors (Lipinski definition) is 2. The van der Waals surface area contributed by atoms with Crippen LogP contribution in [0.25, 0.3) is 10.9 Å².